The van der Waals surface area contributed by atoms with Crippen molar-refractivity contribution in [3.8, 4) is 5.75 Å². The second-order valence-corrected chi connectivity index (χ2v) is 12.9. The van der Waals surface area contributed by atoms with E-state index in [0.717, 1.165) is 26.7 Å². The Hall–Kier alpha value is -3.01. The van der Waals surface area contributed by atoms with Crippen LogP contribution in [-0.2, 0) is 31.2 Å². The van der Waals surface area contributed by atoms with Crippen LogP contribution in [0.25, 0.3) is 0 Å². The smallest absolute Gasteiger partial charge is 0.328 e. The van der Waals surface area contributed by atoms with Crippen LogP contribution in [0, 0.1) is 0 Å². The molecule has 0 aliphatic carbocycles. The summed E-state index contributed by atoms with van der Waals surface area (Å²) in [5, 5.41) is 29.3. The number of aliphatic hydroxyl groups excluding tert-OH is 1. The number of rotatable bonds is 10. The predicted octanol–water partition coefficient (Wildman–Crippen LogP) is 4.90. The van der Waals surface area contributed by atoms with E-state index >= 15 is 0 Å². The summed E-state index contributed by atoms with van der Waals surface area (Å²) < 4.78 is 19.6. The van der Waals surface area contributed by atoms with E-state index in [1.54, 1.807) is 0 Å². The first kappa shape index (κ1) is 34.0. The van der Waals surface area contributed by atoms with Crippen molar-refractivity contribution in [1.82, 2.24) is 5.32 Å². The first-order chi connectivity index (χ1) is 17.9. The molecule has 2 aromatic carbocycles. The van der Waals surface area contributed by atoms with Gasteiger partial charge < -0.3 is 25.4 Å². The minimum Gasteiger partial charge on any atom is -0.490 e. The second kappa shape index (κ2) is 15.0. The number of hydrogen-bond acceptors (Lipinski definition) is 6. The fourth-order valence-corrected chi connectivity index (χ4v) is 4.54. The van der Waals surface area contributed by atoms with Crippen molar-refractivity contribution >= 4 is 22.7 Å². The zero-order chi connectivity index (χ0) is 30.0. The molecule has 0 radical (unpaired) electrons. The molecule has 0 bridgehead atoms. The Morgan fingerprint density at radius 1 is 0.897 bits per heavy atom. The lowest BCUT2D eigenvalue weighted by molar-refractivity contribution is -0.134. The van der Waals surface area contributed by atoms with Crippen LogP contribution in [-0.4, -0.2) is 56.8 Å². The number of carbonyl (C=O) groups is 2. The van der Waals surface area contributed by atoms with Gasteiger partial charge in [-0.25, -0.2) is 13.8 Å². The maximum absolute atomic E-state index is 13.4. The van der Waals surface area contributed by atoms with Crippen LogP contribution < -0.4 is 10.1 Å². The first-order valence-electron chi connectivity index (χ1n) is 12.8. The Morgan fingerprint density at radius 2 is 1.36 bits per heavy atom. The minimum atomic E-state index is -1.28. The van der Waals surface area contributed by atoms with Gasteiger partial charge >= 0.3 is 11.9 Å². The van der Waals surface area contributed by atoms with Crippen molar-refractivity contribution in [3.63, 3.8) is 0 Å². The van der Waals surface area contributed by atoms with E-state index < -0.39 is 28.8 Å². The Balaban J connectivity index is 0.000000824. The number of aliphatic carboxylic acids is 2. The third kappa shape index (κ3) is 12.1. The van der Waals surface area contributed by atoms with Gasteiger partial charge in [-0.2, -0.15) is 0 Å². The van der Waals surface area contributed by atoms with E-state index in [9.17, 15) is 18.9 Å². The molecular weight excluding hydrogens is 518 g/mol. The fourth-order valence-electron chi connectivity index (χ4n) is 3.41. The molecule has 0 aromatic heterocycles. The van der Waals surface area contributed by atoms with Gasteiger partial charge in [-0.05, 0) is 35.1 Å². The second-order valence-electron chi connectivity index (χ2n) is 11.5. The number of benzene rings is 2. The van der Waals surface area contributed by atoms with Gasteiger partial charge in [-0.3, -0.25) is 0 Å². The predicted molar refractivity (Wildman–Crippen MR) is 154 cm³/mol. The lowest BCUT2D eigenvalue weighted by Crippen LogP contribution is -2.35. The molecule has 0 spiro atoms. The van der Waals surface area contributed by atoms with Crippen LogP contribution in [0.5, 0.6) is 5.75 Å². The number of aliphatic hydroxyl groups is 1. The van der Waals surface area contributed by atoms with Crippen molar-refractivity contribution in [3.05, 3.63) is 65.7 Å². The zero-order valence-electron chi connectivity index (χ0n) is 24.1. The fraction of sp³-hybridized carbons (Fsp3) is 0.467. The molecular formula is C30H43NO7S. The molecule has 2 aromatic rings. The SMILES string of the molecule is CC(C)NCC(O)COc1c(C(C)(C)C)cc(S(=O)c2ccccc2)cc1C(C)(C)C.O=C(O)/C=C\C(=O)O. The van der Waals surface area contributed by atoms with E-state index in [2.05, 4.69) is 60.7 Å². The molecule has 9 heteroatoms. The van der Waals surface area contributed by atoms with Crippen molar-refractivity contribution in [2.45, 2.75) is 88.2 Å². The van der Waals surface area contributed by atoms with E-state index in [1.807, 2.05) is 42.5 Å². The molecule has 8 nitrogen and oxygen atoms in total. The number of carboxylic acids is 2. The third-order valence-corrected chi connectivity index (χ3v) is 6.76. The van der Waals surface area contributed by atoms with Crippen molar-refractivity contribution < 1.29 is 33.9 Å². The molecule has 0 aliphatic heterocycles. The molecule has 2 atom stereocenters. The number of nitrogens with one attached hydrogen (secondary N) is 1. The summed E-state index contributed by atoms with van der Waals surface area (Å²) in [6.45, 7) is 17.6. The molecule has 216 valence electrons. The normalized spacial score (nSPS) is 13.5. The quantitative estimate of drug-likeness (QED) is 0.301. The van der Waals surface area contributed by atoms with Gasteiger partial charge in [0.2, 0.25) is 0 Å². The number of carboxylic acid groups (broad SMARTS) is 2. The van der Waals surface area contributed by atoms with E-state index in [0.29, 0.717) is 24.7 Å². The van der Waals surface area contributed by atoms with Crippen LogP contribution in [0.2, 0.25) is 0 Å². The highest BCUT2D eigenvalue weighted by Crippen LogP contribution is 2.42. The minimum absolute atomic E-state index is 0.201. The van der Waals surface area contributed by atoms with Gasteiger partial charge in [0.25, 0.3) is 0 Å². The average Bonchev–Trinajstić information content (AvgIpc) is 2.83. The van der Waals surface area contributed by atoms with Crippen LogP contribution in [0.3, 0.4) is 0 Å². The highest BCUT2D eigenvalue weighted by molar-refractivity contribution is 7.85. The number of hydrogen-bond donors (Lipinski definition) is 4. The zero-order valence-corrected chi connectivity index (χ0v) is 25.0. The van der Waals surface area contributed by atoms with Crippen molar-refractivity contribution in [2.24, 2.45) is 0 Å². The largest absolute Gasteiger partial charge is 0.490 e. The average molecular weight is 562 g/mol. The first-order valence-corrected chi connectivity index (χ1v) is 13.9. The molecule has 0 amide bonds. The Labute approximate surface area is 234 Å². The highest BCUT2D eigenvalue weighted by Gasteiger charge is 2.29. The molecule has 2 rings (SSSR count). The molecule has 4 N–H and O–H groups in total. The molecule has 0 aliphatic rings. The van der Waals surface area contributed by atoms with Gasteiger partial charge in [0.05, 0.1) is 10.8 Å². The lowest BCUT2D eigenvalue weighted by Gasteiger charge is -2.31. The van der Waals surface area contributed by atoms with E-state index in [-0.39, 0.29) is 17.4 Å². The van der Waals surface area contributed by atoms with E-state index in [1.165, 1.54) is 0 Å². The summed E-state index contributed by atoms with van der Waals surface area (Å²) >= 11 is 0. The van der Waals surface area contributed by atoms with Crippen LogP contribution in [0.15, 0.2) is 64.4 Å². The lowest BCUT2D eigenvalue weighted by atomic mass is 9.79. The van der Waals surface area contributed by atoms with Crippen molar-refractivity contribution in [1.29, 1.82) is 0 Å². The molecule has 0 heterocycles. The molecule has 0 fully saturated rings. The van der Waals surface area contributed by atoms with Crippen molar-refractivity contribution in [2.75, 3.05) is 13.2 Å². The van der Waals surface area contributed by atoms with Crippen LogP contribution >= 0.6 is 0 Å². The third-order valence-electron chi connectivity index (χ3n) is 5.40. The summed E-state index contributed by atoms with van der Waals surface area (Å²) in [6.07, 6.45) is 0.506. The summed E-state index contributed by atoms with van der Waals surface area (Å²) in [7, 11) is -1.28. The molecule has 0 saturated heterocycles. The Morgan fingerprint density at radius 3 is 1.74 bits per heavy atom. The van der Waals surface area contributed by atoms with Gasteiger partial charge in [0.1, 0.15) is 18.5 Å². The van der Waals surface area contributed by atoms with Gasteiger partial charge in [-0.15, -0.1) is 0 Å². The standard InChI is InChI=1S/C26H39NO3S.C4H4O4/c1-18(2)27-16-19(28)17-30-24-22(25(3,4)5)14-21(15-23(24)26(6,7)8)31(29)20-12-10-9-11-13-20;5-3(6)1-2-4(7)8/h9-15,18-19,27-28H,16-17H2,1-8H3;1-2H,(H,5,6)(H,7,8)/b;2-1-. The Kier molecular flexibility index (Phi) is 13.0. The van der Waals surface area contributed by atoms with E-state index in [4.69, 9.17) is 14.9 Å². The van der Waals surface area contributed by atoms with Gasteiger partial charge in [0, 0.05) is 45.7 Å². The summed E-state index contributed by atoms with van der Waals surface area (Å²) in [4.78, 5) is 20.7. The Bertz CT molecular complexity index is 1100. The molecule has 2 unspecified atom stereocenters. The monoisotopic (exact) mass is 561 g/mol. The van der Waals surface area contributed by atoms with Gasteiger partial charge in [0.15, 0.2) is 0 Å². The summed E-state index contributed by atoms with van der Waals surface area (Å²) in [5.74, 6) is -1.72. The highest BCUT2D eigenvalue weighted by atomic mass is 32.2. The maximum Gasteiger partial charge on any atom is 0.328 e. The number of ether oxygens (including phenoxy) is 1. The maximum atomic E-state index is 13.4. The van der Waals surface area contributed by atoms with Crippen LogP contribution in [0.4, 0.5) is 0 Å². The summed E-state index contributed by atoms with van der Waals surface area (Å²) in [5.41, 5.74) is 1.58. The molecule has 0 saturated carbocycles. The summed E-state index contributed by atoms with van der Waals surface area (Å²) in [6, 6.07) is 13.9. The molecule has 39 heavy (non-hydrogen) atoms. The van der Waals surface area contributed by atoms with Crippen LogP contribution in [0.1, 0.15) is 66.5 Å². The topological polar surface area (TPSA) is 133 Å². The van der Waals surface area contributed by atoms with Gasteiger partial charge in [-0.1, -0.05) is 73.6 Å².